The van der Waals surface area contributed by atoms with Gasteiger partial charge in [0.25, 0.3) is 5.56 Å². The first-order valence-corrected chi connectivity index (χ1v) is 12.1. The summed E-state index contributed by atoms with van der Waals surface area (Å²) in [4.78, 5) is 31.6. The normalized spacial score (nSPS) is 16.8. The van der Waals surface area contributed by atoms with Gasteiger partial charge >= 0.3 is 5.97 Å². The number of halogens is 1. The second-order valence-corrected chi connectivity index (χ2v) is 9.40. The highest BCUT2D eigenvalue weighted by molar-refractivity contribution is 7.07. The van der Waals surface area contributed by atoms with Crippen LogP contribution >= 0.6 is 22.9 Å². The second kappa shape index (κ2) is 9.24. The van der Waals surface area contributed by atoms with E-state index in [0.29, 0.717) is 49.1 Å². The number of fused-ring (bicyclic) bond motifs is 2. The zero-order valence-corrected chi connectivity index (χ0v) is 20.5. The van der Waals surface area contributed by atoms with Gasteiger partial charge in [0.15, 0.2) is 16.3 Å². The topological polar surface area (TPSA) is 99.4 Å². The lowest BCUT2D eigenvalue weighted by atomic mass is 9.95. The third-order valence-corrected chi connectivity index (χ3v) is 7.05. The van der Waals surface area contributed by atoms with Gasteiger partial charge in [0, 0.05) is 5.02 Å². The van der Waals surface area contributed by atoms with E-state index in [1.807, 2.05) is 0 Å². The molecule has 1 atom stereocenters. The Bertz CT molecular complexity index is 1550. The van der Waals surface area contributed by atoms with E-state index < -0.39 is 12.0 Å². The number of carbonyl (C=O) groups excluding carboxylic acids is 1. The lowest BCUT2D eigenvalue weighted by Gasteiger charge is -2.24. The maximum Gasteiger partial charge on any atom is 0.338 e. The first-order chi connectivity index (χ1) is 16.9. The molecule has 35 heavy (non-hydrogen) atoms. The number of thiazole rings is 1. The van der Waals surface area contributed by atoms with Gasteiger partial charge in [0.2, 0.25) is 6.79 Å². The van der Waals surface area contributed by atoms with Crippen LogP contribution in [0.15, 0.2) is 57.5 Å². The smallest absolute Gasteiger partial charge is 0.338 e. The fraction of sp³-hybridized carbons (Fsp3) is 0.240. The number of aromatic hydroxyl groups is 1. The molecule has 2 aliphatic rings. The molecule has 1 aromatic heterocycles. The molecule has 2 aromatic carbocycles. The Hall–Kier alpha value is -3.56. The van der Waals surface area contributed by atoms with Crippen molar-refractivity contribution >= 4 is 35.0 Å². The van der Waals surface area contributed by atoms with Crippen LogP contribution in [-0.2, 0) is 16.0 Å². The summed E-state index contributed by atoms with van der Waals surface area (Å²) in [6, 6.07) is 9.35. The molecule has 2 aliphatic heterocycles. The fourth-order valence-electron chi connectivity index (χ4n) is 4.15. The summed E-state index contributed by atoms with van der Waals surface area (Å²) in [6.07, 6.45) is 2.03. The van der Waals surface area contributed by atoms with E-state index in [-0.39, 0.29) is 30.3 Å². The number of phenolic OH excluding ortho intramolecular Hbond substituents is 1. The predicted octanol–water partition coefficient (Wildman–Crippen LogP) is 3.08. The molecule has 5 rings (SSSR count). The number of allylic oxidation sites excluding steroid dienone is 1. The van der Waals surface area contributed by atoms with E-state index in [0.717, 1.165) is 0 Å². The van der Waals surface area contributed by atoms with Crippen LogP contribution in [0.3, 0.4) is 0 Å². The zero-order chi connectivity index (χ0) is 24.7. The Balaban J connectivity index is 1.66. The minimum absolute atomic E-state index is 0.0945. The fourth-order valence-corrected chi connectivity index (χ4v) is 5.36. The van der Waals surface area contributed by atoms with Gasteiger partial charge in [-0.25, -0.2) is 9.79 Å². The van der Waals surface area contributed by atoms with Gasteiger partial charge in [-0.05, 0) is 61.7 Å². The number of aromatic nitrogens is 1. The van der Waals surface area contributed by atoms with Crippen molar-refractivity contribution in [2.75, 3.05) is 13.4 Å². The number of benzene rings is 2. The zero-order valence-electron chi connectivity index (χ0n) is 18.9. The summed E-state index contributed by atoms with van der Waals surface area (Å²) < 4.78 is 18.2. The molecule has 180 valence electrons. The highest BCUT2D eigenvalue weighted by Crippen LogP contribution is 2.38. The van der Waals surface area contributed by atoms with Gasteiger partial charge < -0.3 is 19.3 Å². The van der Waals surface area contributed by atoms with Gasteiger partial charge in [-0.1, -0.05) is 35.1 Å². The molecule has 3 heterocycles. The second-order valence-electron chi connectivity index (χ2n) is 7.95. The average Bonchev–Trinajstić information content (AvgIpc) is 3.42. The lowest BCUT2D eigenvalue weighted by Crippen LogP contribution is -2.39. The van der Waals surface area contributed by atoms with E-state index >= 15 is 0 Å². The highest BCUT2D eigenvalue weighted by Gasteiger charge is 2.34. The largest absolute Gasteiger partial charge is 0.508 e. The molecule has 10 heteroatoms. The van der Waals surface area contributed by atoms with Crippen molar-refractivity contribution in [2.45, 2.75) is 26.3 Å². The molecular weight excluding hydrogens is 492 g/mol. The molecule has 0 radical (unpaired) electrons. The van der Waals surface area contributed by atoms with Crippen molar-refractivity contribution in [3.8, 4) is 17.2 Å². The summed E-state index contributed by atoms with van der Waals surface area (Å²) >= 11 is 7.27. The molecule has 0 bridgehead atoms. The summed E-state index contributed by atoms with van der Waals surface area (Å²) in [5.74, 6) is 0.700. The summed E-state index contributed by atoms with van der Waals surface area (Å²) in [6.45, 7) is 3.76. The maximum atomic E-state index is 13.6. The van der Waals surface area contributed by atoms with E-state index in [1.165, 1.54) is 22.0 Å². The van der Waals surface area contributed by atoms with Crippen LogP contribution in [0.2, 0.25) is 5.02 Å². The Kier molecular flexibility index (Phi) is 6.12. The number of nitrogens with zero attached hydrogens (tertiary/aromatic N) is 2. The van der Waals surface area contributed by atoms with Crippen LogP contribution in [0.25, 0.3) is 6.08 Å². The van der Waals surface area contributed by atoms with Crippen molar-refractivity contribution in [3.05, 3.63) is 83.5 Å². The number of rotatable bonds is 5. The van der Waals surface area contributed by atoms with Gasteiger partial charge in [-0.2, -0.15) is 0 Å². The van der Waals surface area contributed by atoms with Crippen LogP contribution in [0.4, 0.5) is 0 Å². The van der Waals surface area contributed by atoms with Crippen molar-refractivity contribution in [1.29, 1.82) is 0 Å². The Morgan fingerprint density at radius 3 is 2.89 bits per heavy atom. The Morgan fingerprint density at radius 2 is 2.09 bits per heavy atom. The molecule has 0 spiro atoms. The van der Waals surface area contributed by atoms with Crippen molar-refractivity contribution in [3.63, 3.8) is 0 Å². The molecule has 0 unspecified atom stereocenters. The monoisotopic (exact) mass is 512 g/mol. The van der Waals surface area contributed by atoms with E-state index in [1.54, 1.807) is 50.3 Å². The summed E-state index contributed by atoms with van der Waals surface area (Å²) in [7, 11) is 0. The van der Waals surface area contributed by atoms with Crippen LogP contribution in [-0.4, -0.2) is 29.0 Å². The quantitative estimate of drug-likeness (QED) is 0.527. The summed E-state index contributed by atoms with van der Waals surface area (Å²) in [5.41, 5.74) is 1.74. The highest BCUT2D eigenvalue weighted by atomic mass is 35.5. The van der Waals surface area contributed by atoms with E-state index in [9.17, 15) is 14.7 Å². The number of carbonyl (C=O) groups is 1. The SMILES string of the molecule is CCOC(=O)C1=C(C)N=c2s/c(=C\Cc3cc(Cl)ccc3O)c(=O)n2[C@H]1c1ccc2c(c1)OCO2. The molecular formula is C25H21ClN2O6S. The van der Waals surface area contributed by atoms with Crippen molar-refractivity contribution in [2.24, 2.45) is 4.99 Å². The third kappa shape index (κ3) is 4.21. The van der Waals surface area contributed by atoms with Gasteiger partial charge in [-0.15, -0.1) is 0 Å². The van der Waals surface area contributed by atoms with Crippen molar-refractivity contribution in [1.82, 2.24) is 4.57 Å². The average molecular weight is 513 g/mol. The Morgan fingerprint density at radius 1 is 1.29 bits per heavy atom. The first kappa shape index (κ1) is 23.2. The van der Waals surface area contributed by atoms with Crippen molar-refractivity contribution < 1.29 is 24.1 Å². The number of phenols is 1. The maximum absolute atomic E-state index is 13.6. The number of ether oxygens (including phenoxy) is 3. The number of hydrogen-bond donors (Lipinski definition) is 1. The Labute approximate surface area is 209 Å². The minimum Gasteiger partial charge on any atom is -0.508 e. The third-order valence-electron chi connectivity index (χ3n) is 5.78. The molecule has 0 saturated carbocycles. The van der Waals surface area contributed by atoms with Crippen LogP contribution in [0, 0.1) is 0 Å². The lowest BCUT2D eigenvalue weighted by molar-refractivity contribution is -0.139. The summed E-state index contributed by atoms with van der Waals surface area (Å²) in [5, 5.41) is 10.6. The number of esters is 1. The minimum atomic E-state index is -0.749. The molecule has 3 aromatic rings. The standard InChI is InChI=1S/C25H21ClN2O6S/c1-3-32-24(31)21-13(2)27-25-28(22(21)15-4-8-18-19(11-15)34-12-33-18)23(30)20(35-25)9-5-14-10-16(26)6-7-17(14)29/h4,6-11,22,29H,3,5,12H2,1-2H3/b20-9-/t22-/m0/s1. The van der Waals surface area contributed by atoms with Gasteiger partial charge in [0.05, 0.1) is 28.5 Å². The van der Waals surface area contributed by atoms with Crippen LogP contribution in [0.1, 0.15) is 31.0 Å². The first-order valence-electron chi connectivity index (χ1n) is 10.9. The number of hydrogen-bond acceptors (Lipinski definition) is 8. The van der Waals surface area contributed by atoms with Crippen LogP contribution in [0.5, 0.6) is 17.2 Å². The molecule has 8 nitrogen and oxygen atoms in total. The molecule has 1 N–H and O–H groups in total. The molecule has 0 amide bonds. The predicted molar refractivity (Wildman–Crippen MR) is 131 cm³/mol. The van der Waals surface area contributed by atoms with E-state index in [2.05, 4.69) is 4.99 Å². The van der Waals surface area contributed by atoms with E-state index in [4.69, 9.17) is 25.8 Å². The molecule has 0 fully saturated rings. The van der Waals surface area contributed by atoms with Gasteiger partial charge in [0.1, 0.15) is 5.75 Å². The van der Waals surface area contributed by atoms with Crippen LogP contribution < -0.4 is 24.4 Å². The molecule has 0 saturated heterocycles. The molecule has 0 aliphatic carbocycles. The van der Waals surface area contributed by atoms with Gasteiger partial charge in [-0.3, -0.25) is 9.36 Å².